The summed E-state index contributed by atoms with van der Waals surface area (Å²) in [5, 5.41) is 8.60. The molecule has 30 heavy (non-hydrogen) atoms. The van der Waals surface area contributed by atoms with Crippen LogP contribution in [-0.4, -0.2) is 41.7 Å². The van der Waals surface area contributed by atoms with Gasteiger partial charge in [-0.25, -0.2) is 22.7 Å². The van der Waals surface area contributed by atoms with E-state index in [9.17, 15) is 18.0 Å². The number of fused-ring (bicyclic) bond motifs is 2. The molecule has 0 aliphatic carbocycles. The number of rotatable bonds is 2. The molecule has 0 saturated carbocycles. The van der Waals surface area contributed by atoms with Crippen molar-refractivity contribution in [3.8, 4) is 11.3 Å². The Morgan fingerprint density at radius 1 is 1.17 bits per heavy atom. The normalized spacial score (nSPS) is 13.7. The van der Waals surface area contributed by atoms with Gasteiger partial charge in [0, 0.05) is 30.9 Å². The number of amides is 1. The van der Waals surface area contributed by atoms with Crippen molar-refractivity contribution >= 4 is 11.6 Å². The molecule has 7 nitrogen and oxygen atoms in total. The van der Waals surface area contributed by atoms with Crippen LogP contribution in [0.15, 0.2) is 36.7 Å². The topological polar surface area (TPSA) is 68.3 Å². The molecule has 0 radical (unpaired) electrons. The third-order valence-electron chi connectivity index (χ3n) is 5.24. The van der Waals surface area contributed by atoms with Crippen molar-refractivity contribution in [2.45, 2.75) is 13.0 Å². The number of aromatic nitrogens is 5. The predicted octanol–water partition coefficient (Wildman–Crippen LogP) is 2.75. The second-order valence-electron chi connectivity index (χ2n) is 7.07. The lowest BCUT2D eigenvalue weighted by Crippen LogP contribution is -2.36. The number of nitrogens with zero attached hydrogens (tertiary/aromatic N) is 6. The van der Waals surface area contributed by atoms with Crippen LogP contribution in [0.2, 0.25) is 0 Å². The fourth-order valence-corrected chi connectivity index (χ4v) is 3.88. The average Bonchev–Trinajstić information content (AvgIpc) is 3.30. The lowest BCUT2D eigenvalue weighted by atomic mass is 9.99. The Morgan fingerprint density at radius 3 is 2.70 bits per heavy atom. The Hall–Kier alpha value is -3.69. The summed E-state index contributed by atoms with van der Waals surface area (Å²) in [5.74, 6) is -4.26. The molecule has 0 bridgehead atoms. The standard InChI is InChI=1S/C20H15F3N6O/c1-27-19(11-7-13(21)18(23)14(22)8-11)12-4-6-28(10-15(12)26-27)20(30)16-9-24-17-3-2-5-25-29(16)17/h2-3,5,7-9H,4,6,10H2,1H3. The van der Waals surface area contributed by atoms with Crippen LogP contribution in [0, 0.1) is 17.5 Å². The van der Waals surface area contributed by atoms with Crippen LogP contribution in [0.5, 0.6) is 0 Å². The molecule has 1 aromatic carbocycles. The summed E-state index contributed by atoms with van der Waals surface area (Å²) in [4.78, 5) is 18.8. The van der Waals surface area contributed by atoms with Crippen LogP contribution in [-0.2, 0) is 20.0 Å². The van der Waals surface area contributed by atoms with E-state index in [1.165, 1.54) is 15.4 Å². The molecule has 5 rings (SSSR count). The first kappa shape index (κ1) is 18.3. The van der Waals surface area contributed by atoms with Crippen molar-refractivity contribution in [3.05, 3.63) is 71.1 Å². The van der Waals surface area contributed by atoms with Gasteiger partial charge >= 0.3 is 0 Å². The fraction of sp³-hybridized carbons (Fsp3) is 0.200. The van der Waals surface area contributed by atoms with Crippen LogP contribution in [0.4, 0.5) is 13.2 Å². The molecule has 1 aliphatic rings. The molecule has 0 saturated heterocycles. The van der Waals surface area contributed by atoms with E-state index >= 15 is 0 Å². The summed E-state index contributed by atoms with van der Waals surface area (Å²) in [5.41, 5.74) is 3.02. The largest absolute Gasteiger partial charge is 0.331 e. The summed E-state index contributed by atoms with van der Waals surface area (Å²) in [7, 11) is 1.65. The number of benzene rings is 1. The molecule has 4 aromatic rings. The second-order valence-corrected chi connectivity index (χ2v) is 7.07. The van der Waals surface area contributed by atoms with Crippen molar-refractivity contribution in [2.24, 2.45) is 7.05 Å². The number of aryl methyl sites for hydroxylation is 1. The molecule has 1 aliphatic heterocycles. The molecule has 0 spiro atoms. The number of hydrogen-bond donors (Lipinski definition) is 0. The monoisotopic (exact) mass is 412 g/mol. The Bertz CT molecular complexity index is 1290. The van der Waals surface area contributed by atoms with Crippen molar-refractivity contribution in [1.29, 1.82) is 0 Å². The zero-order valence-corrected chi connectivity index (χ0v) is 15.8. The van der Waals surface area contributed by atoms with E-state index in [-0.39, 0.29) is 18.0 Å². The summed E-state index contributed by atoms with van der Waals surface area (Å²) in [6.45, 7) is 0.616. The molecule has 0 N–H and O–H groups in total. The maximum atomic E-state index is 13.7. The zero-order valence-electron chi connectivity index (χ0n) is 15.8. The maximum Gasteiger partial charge on any atom is 0.274 e. The predicted molar refractivity (Wildman–Crippen MR) is 99.9 cm³/mol. The lowest BCUT2D eigenvalue weighted by molar-refractivity contribution is 0.0724. The molecule has 0 fully saturated rings. The van der Waals surface area contributed by atoms with E-state index in [4.69, 9.17) is 0 Å². The lowest BCUT2D eigenvalue weighted by Gasteiger charge is -2.26. The summed E-state index contributed by atoms with van der Waals surface area (Å²) < 4.78 is 43.8. The average molecular weight is 412 g/mol. The first-order valence-corrected chi connectivity index (χ1v) is 9.21. The number of carbonyl (C=O) groups excluding carboxylic acids is 1. The van der Waals surface area contributed by atoms with Gasteiger partial charge in [-0.05, 0) is 30.7 Å². The summed E-state index contributed by atoms with van der Waals surface area (Å²) in [6, 6.07) is 5.40. The number of imidazole rings is 1. The molecule has 152 valence electrons. The second kappa shape index (κ2) is 6.68. The van der Waals surface area contributed by atoms with Crippen LogP contribution >= 0.6 is 0 Å². The van der Waals surface area contributed by atoms with Crippen LogP contribution < -0.4 is 0 Å². The number of halogens is 3. The van der Waals surface area contributed by atoms with Gasteiger partial charge in [0.2, 0.25) is 0 Å². The summed E-state index contributed by atoms with van der Waals surface area (Å²) >= 11 is 0. The Labute approximate surface area is 168 Å². The molecule has 1 amide bonds. The van der Waals surface area contributed by atoms with Crippen molar-refractivity contribution in [2.75, 3.05) is 6.54 Å². The van der Waals surface area contributed by atoms with Crippen molar-refractivity contribution in [3.63, 3.8) is 0 Å². The molecular formula is C20H15F3N6O. The van der Waals surface area contributed by atoms with Gasteiger partial charge in [0.25, 0.3) is 5.91 Å². The van der Waals surface area contributed by atoms with E-state index in [1.54, 1.807) is 30.3 Å². The third kappa shape index (κ3) is 2.75. The molecule has 0 atom stereocenters. The molecular weight excluding hydrogens is 397 g/mol. The van der Waals surface area contributed by atoms with Gasteiger partial charge in [0.05, 0.1) is 24.1 Å². The zero-order chi connectivity index (χ0) is 21.0. The molecule has 3 aromatic heterocycles. The van der Waals surface area contributed by atoms with Gasteiger partial charge in [0.1, 0.15) is 0 Å². The van der Waals surface area contributed by atoms with Gasteiger partial charge in [0.15, 0.2) is 28.8 Å². The smallest absolute Gasteiger partial charge is 0.274 e. The van der Waals surface area contributed by atoms with Crippen LogP contribution in [0.25, 0.3) is 16.9 Å². The highest BCUT2D eigenvalue weighted by Gasteiger charge is 2.29. The SMILES string of the molecule is Cn1nc2c(c1-c1cc(F)c(F)c(F)c1)CCN(C(=O)c1cnc3cccnn13)C2. The Balaban J connectivity index is 1.49. The van der Waals surface area contributed by atoms with E-state index in [1.807, 2.05) is 0 Å². The van der Waals surface area contributed by atoms with Gasteiger partial charge in [-0.1, -0.05) is 0 Å². The van der Waals surface area contributed by atoms with Crippen molar-refractivity contribution in [1.82, 2.24) is 29.3 Å². The minimum atomic E-state index is -1.51. The summed E-state index contributed by atoms with van der Waals surface area (Å²) in [6.07, 6.45) is 3.49. The first-order chi connectivity index (χ1) is 14.4. The molecule has 10 heteroatoms. The Morgan fingerprint density at radius 2 is 1.93 bits per heavy atom. The van der Waals surface area contributed by atoms with Gasteiger partial charge < -0.3 is 4.90 Å². The van der Waals surface area contributed by atoms with Crippen LogP contribution in [0.1, 0.15) is 21.7 Å². The highest BCUT2D eigenvalue weighted by Crippen LogP contribution is 2.32. The van der Waals surface area contributed by atoms with E-state index < -0.39 is 17.5 Å². The number of carbonyl (C=O) groups is 1. The van der Waals surface area contributed by atoms with E-state index in [2.05, 4.69) is 15.2 Å². The van der Waals surface area contributed by atoms with Gasteiger partial charge in [-0.3, -0.25) is 9.48 Å². The quantitative estimate of drug-likeness (QED) is 0.475. The van der Waals surface area contributed by atoms with E-state index in [0.717, 1.165) is 17.7 Å². The molecule has 4 heterocycles. The number of hydrogen-bond acceptors (Lipinski definition) is 4. The highest BCUT2D eigenvalue weighted by atomic mass is 19.2. The molecule has 0 unspecified atom stereocenters. The first-order valence-electron chi connectivity index (χ1n) is 9.21. The van der Waals surface area contributed by atoms with Crippen LogP contribution in [0.3, 0.4) is 0 Å². The van der Waals surface area contributed by atoms with Gasteiger partial charge in [-0.15, -0.1) is 0 Å². The third-order valence-corrected chi connectivity index (χ3v) is 5.24. The fourth-order valence-electron chi connectivity index (χ4n) is 3.88. The maximum absolute atomic E-state index is 13.7. The minimum Gasteiger partial charge on any atom is -0.331 e. The van der Waals surface area contributed by atoms with E-state index in [0.29, 0.717) is 35.7 Å². The highest BCUT2D eigenvalue weighted by molar-refractivity contribution is 5.93. The van der Waals surface area contributed by atoms with Crippen molar-refractivity contribution < 1.29 is 18.0 Å². The minimum absolute atomic E-state index is 0.202. The Kier molecular flexibility index (Phi) is 4.09. The van der Waals surface area contributed by atoms with Gasteiger partial charge in [-0.2, -0.15) is 10.2 Å².